The van der Waals surface area contributed by atoms with Crippen molar-refractivity contribution >= 4 is 35.0 Å². The molecule has 0 spiro atoms. The number of benzene rings is 2. The van der Waals surface area contributed by atoms with E-state index >= 15 is 0 Å². The molecule has 4 rings (SSSR count). The van der Waals surface area contributed by atoms with Crippen LogP contribution in [0.5, 0.6) is 0 Å². The van der Waals surface area contributed by atoms with Gasteiger partial charge >= 0.3 is 6.18 Å². The van der Waals surface area contributed by atoms with Crippen LogP contribution in [0, 0.1) is 0 Å². The van der Waals surface area contributed by atoms with E-state index in [1.165, 1.54) is 17.0 Å². The summed E-state index contributed by atoms with van der Waals surface area (Å²) >= 11 is 1.54. The van der Waals surface area contributed by atoms with Gasteiger partial charge in [-0.05, 0) is 61.7 Å². The van der Waals surface area contributed by atoms with Gasteiger partial charge in [-0.25, -0.2) is 0 Å². The SMILES string of the molecule is CSc1cccc(NC(=O)c2ccn3c2C(=O)N(c2ccc(C(F)(F)F)cc2)C[C@@H]3C)c1. The van der Waals surface area contributed by atoms with Crippen LogP contribution in [0.1, 0.15) is 39.4 Å². The molecule has 9 heteroatoms. The zero-order valence-corrected chi connectivity index (χ0v) is 18.1. The number of halogens is 3. The maximum atomic E-state index is 13.3. The lowest BCUT2D eigenvalue weighted by atomic mass is 10.1. The number of nitrogens with zero attached hydrogens (tertiary/aromatic N) is 2. The molecule has 0 fully saturated rings. The van der Waals surface area contributed by atoms with Crippen LogP contribution < -0.4 is 10.2 Å². The Labute approximate surface area is 187 Å². The topological polar surface area (TPSA) is 54.3 Å². The molecule has 1 aromatic heterocycles. The van der Waals surface area contributed by atoms with Gasteiger partial charge in [0.15, 0.2) is 0 Å². The van der Waals surface area contributed by atoms with Gasteiger partial charge in [-0.3, -0.25) is 9.59 Å². The predicted octanol–water partition coefficient (Wildman–Crippen LogP) is 5.70. The van der Waals surface area contributed by atoms with Crippen LogP contribution in [0.3, 0.4) is 0 Å². The van der Waals surface area contributed by atoms with Gasteiger partial charge in [0.1, 0.15) is 5.69 Å². The monoisotopic (exact) mass is 459 g/mol. The molecule has 0 aliphatic carbocycles. The first-order chi connectivity index (χ1) is 15.2. The van der Waals surface area contributed by atoms with Crippen molar-refractivity contribution in [3.8, 4) is 0 Å². The van der Waals surface area contributed by atoms with E-state index in [0.717, 1.165) is 17.0 Å². The Kier molecular flexibility index (Phi) is 5.77. The van der Waals surface area contributed by atoms with Crippen LogP contribution in [-0.4, -0.2) is 29.2 Å². The summed E-state index contributed by atoms with van der Waals surface area (Å²) in [6, 6.07) is 13.2. The molecule has 0 saturated carbocycles. The second kappa shape index (κ2) is 8.38. The third kappa shape index (κ3) is 4.12. The molecule has 2 heterocycles. The average molecular weight is 459 g/mol. The van der Waals surface area contributed by atoms with E-state index in [2.05, 4.69) is 5.32 Å². The minimum absolute atomic E-state index is 0.161. The van der Waals surface area contributed by atoms with E-state index in [4.69, 9.17) is 0 Å². The van der Waals surface area contributed by atoms with Gasteiger partial charge in [-0.1, -0.05) is 6.07 Å². The van der Waals surface area contributed by atoms with Crippen molar-refractivity contribution in [3.63, 3.8) is 0 Å². The Balaban J connectivity index is 1.63. The fourth-order valence-corrected chi connectivity index (χ4v) is 4.20. The molecule has 1 aliphatic heterocycles. The van der Waals surface area contributed by atoms with Crippen LogP contribution >= 0.6 is 11.8 Å². The molecule has 3 aromatic rings. The first kappa shape index (κ1) is 22.0. The number of aromatic nitrogens is 1. The molecule has 0 saturated heterocycles. The van der Waals surface area contributed by atoms with Gasteiger partial charge in [0.25, 0.3) is 11.8 Å². The molecule has 0 unspecified atom stereocenters. The third-order valence-electron chi connectivity index (χ3n) is 5.36. The van der Waals surface area contributed by atoms with Gasteiger partial charge in [0, 0.05) is 35.1 Å². The number of carbonyl (C=O) groups excluding carboxylic acids is 2. The van der Waals surface area contributed by atoms with E-state index in [0.29, 0.717) is 11.4 Å². The van der Waals surface area contributed by atoms with Gasteiger partial charge in [-0.2, -0.15) is 13.2 Å². The Morgan fingerprint density at radius 3 is 2.50 bits per heavy atom. The molecule has 1 N–H and O–H groups in total. The molecule has 0 radical (unpaired) electrons. The number of alkyl halides is 3. The number of amides is 2. The number of hydrogen-bond acceptors (Lipinski definition) is 3. The normalized spacial score (nSPS) is 16.1. The molecule has 2 amide bonds. The fourth-order valence-electron chi connectivity index (χ4n) is 3.74. The molecule has 0 bridgehead atoms. The summed E-state index contributed by atoms with van der Waals surface area (Å²) in [5.74, 6) is -0.859. The first-order valence-corrected chi connectivity index (χ1v) is 11.1. The Bertz CT molecular complexity index is 1170. The van der Waals surface area contributed by atoms with Gasteiger partial charge in [0.2, 0.25) is 0 Å². The Morgan fingerprint density at radius 2 is 1.84 bits per heavy atom. The second-order valence-corrected chi connectivity index (χ2v) is 8.36. The summed E-state index contributed by atoms with van der Waals surface area (Å²) in [4.78, 5) is 28.6. The predicted molar refractivity (Wildman–Crippen MR) is 118 cm³/mol. The standard InChI is InChI=1S/C23H20F3N3O2S/c1-14-13-29(17-8-6-15(7-9-17)23(24,25)26)22(31)20-19(10-11-28(14)20)21(30)27-16-4-3-5-18(12-16)32-2/h3-12,14H,13H2,1-2H3,(H,27,30)/t14-/m0/s1. The summed E-state index contributed by atoms with van der Waals surface area (Å²) in [5, 5.41) is 2.82. The van der Waals surface area contributed by atoms with Gasteiger partial charge in [0.05, 0.1) is 11.1 Å². The van der Waals surface area contributed by atoms with Crippen molar-refractivity contribution in [1.82, 2.24) is 4.57 Å². The smallest absolute Gasteiger partial charge is 0.338 e. The van der Waals surface area contributed by atoms with Gasteiger partial charge in [-0.15, -0.1) is 11.8 Å². The zero-order valence-electron chi connectivity index (χ0n) is 17.3. The Hall–Kier alpha value is -3.20. The quantitative estimate of drug-likeness (QED) is 0.509. The lowest BCUT2D eigenvalue weighted by Gasteiger charge is -2.33. The van der Waals surface area contributed by atoms with E-state index in [-0.39, 0.29) is 23.8 Å². The van der Waals surface area contributed by atoms with E-state index in [1.54, 1.807) is 34.7 Å². The van der Waals surface area contributed by atoms with Crippen molar-refractivity contribution in [2.75, 3.05) is 23.0 Å². The highest BCUT2D eigenvalue weighted by atomic mass is 32.2. The van der Waals surface area contributed by atoms with Crippen LogP contribution in [0.4, 0.5) is 24.5 Å². The number of rotatable bonds is 4. The van der Waals surface area contributed by atoms with E-state index in [1.807, 2.05) is 31.4 Å². The second-order valence-electron chi connectivity index (χ2n) is 7.48. The first-order valence-electron chi connectivity index (χ1n) is 9.84. The van der Waals surface area contributed by atoms with Crippen LogP contribution in [0.25, 0.3) is 0 Å². The number of hydrogen-bond donors (Lipinski definition) is 1. The maximum Gasteiger partial charge on any atom is 0.416 e. The molecule has 1 atom stereocenters. The number of anilines is 2. The lowest BCUT2D eigenvalue weighted by molar-refractivity contribution is -0.137. The van der Waals surface area contributed by atoms with Crippen LogP contribution in [0.2, 0.25) is 0 Å². The highest BCUT2D eigenvalue weighted by Crippen LogP contribution is 2.33. The highest BCUT2D eigenvalue weighted by molar-refractivity contribution is 7.98. The van der Waals surface area contributed by atoms with Crippen molar-refractivity contribution in [1.29, 1.82) is 0 Å². The minimum atomic E-state index is -4.45. The van der Waals surface area contributed by atoms with Gasteiger partial charge < -0.3 is 14.8 Å². The number of nitrogens with one attached hydrogen (secondary N) is 1. The van der Waals surface area contributed by atoms with Crippen molar-refractivity contribution < 1.29 is 22.8 Å². The number of fused-ring (bicyclic) bond motifs is 1. The summed E-state index contributed by atoms with van der Waals surface area (Å²) in [5.41, 5.74) is 0.601. The fraction of sp³-hybridized carbons (Fsp3) is 0.217. The van der Waals surface area contributed by atoms with Crippen molar-refractivity contribution in [3.05, 3.63) is 77.6 Å². The minimum Gasteiger partial charge on any atom is -0.338 e. The highest BCUT2D eigenvalue weighted by Gasteiger charge is 2.35. The molecule has 32 heavy (non-hydrogen) atoms. The lowest BCUT2D eigenvalue weighted by Crippen LogP contribution is -2.43. The summed E-state index contributed by atoms with van der Waals surface area (Å²) < 4.78 is 40.4. The van der Waals surface area contributed by atoms with Crippen molar-refractivity contribution in [2.24, 2.45) is 0 Å². The molecule has 1 aliphatic rings. The Morgan fingerprint density at radius 1 is 1.12 bits per heavy atom. The molecule has 166 valence electrons. The zero-order chi connectivity index (χ0) is 23.0. The molecular weight excluding hydrogens is 439 g/mol. The largest absolute Gasteiger partial charge is 0.416 e. The van der Waals surface area contributed by atoms with Crippen LogP contribution in [-0.2, 0) is 6.18 Å². The number of thioether (sulfide) groups is 1. The molecular formula is C23H20F3N3O2S. The molecule has 5 nitrogen and oxygen atoms in total. The van der Waals surface area contributed by atoms with Crippen LogP contribution in [0.15, 0.2) is 65.7 Å². The summed E-state index contributed by atoms with van der Waals surface area (Å²) in [6.07, 6.45) is -0.832. The summed E-state index contributed by atoms with van der Waals surface area (Å²) in [6.45, 7) is 2.17. The van der Waals surface area contributed by atoms with Crippen molar-refractivity contribution in [2.45, 2.75) is 24.0 Å². The third-order valence-corrected chi connectivity index (χ3v) is 6.09. The number of carbonyl (C=O) groups is 2. The van der Waals surface area contributed by atoms with E-state index in [9.17, 15) is 22.8 Å². The molecule has 2 aromatic carbocycles. The van der Waals surface area contributed by atoms with E-state index < -0.39 is 23.6 Å². The maximum absolute atomic E-state index is 13.3. The summed E-state index contributed by atoms with van der Waals surface area (Å²) in [7, 11) is 0. The average Bonchev–Trinajstić information content (AvgIpc) is 3.22.